The van der Waals surface area contributed by atoms with Crippen LogP contribution in [-0.4, -0.2) is 35.0 Å². The predicted molar refractivity (Wildman–Crippen MR) is 78.8 cm³/mol. The molecule has 0 spiro atoms. The number of carbonyl (C=O) groups excluding carboxylic acids is 1. The van der Waals surface area contributed by atoms with E-state index in [0.29, 0.717) is 32.4 Å². The first kappa shape index (κ1) is 15.9. The highest BCUT2D eigenvalue weighted by molar-refractivity contribution is 5.83. The molecule has 1 aromatic rings. The van der Waals surface area contributed by atoms with Crippen LogP contribution in [0, 0.1) is 23.5 Å². The van der Waals surface area contributed by atoms with Crippen LogP contribution in [0.25, 0.3) is 0 Å². The third-order valence-corrected chi connectivity index (χ3v) is 4.85. The molecule has 23 heavy (non-hydrogen) atoms. The highest BCUT2D eigenvalue weighted by atomic mass is 19.1. The van der Waals surface area contributed by atoms with Crippen LogP contribution in [-0.2, 0) is 9.59 Å². The van der Waals surface area contributed by atoms with E-state index < -0.39 is 17.6 Å². The second-order valence-corrected chi connectivity index (χ2v) is 6.48. The molecule has 2 fully saturated rings. The van der Waals surface area contributed by atoms with Gasteiger partial charge in [-0.25, -0.2) is 8.78 Å². The Morgan fingerprint density at radius 3 is 2.57 bits per heavy atom. The lowest BCUT2D eigenvalue weighted by Crippen LogP contribution is -2.40. The summed E-state index contributed by atoms with van der Waals surface area (Å²) >= 11 is 0. The predicted octanol–water partition coefficient (Wildman–Crippen LogP) is 2.78. The number of piperidine rings is 1. The van der Waals surface area contributed by atoms with E-state index in [0.717, 1.165) is 12.1 Å². The van der Waals surface area contributed by atoms with Crippen LogP contribution >= 0.6 is 0 Å². The third kappa shape index (κ3) is 3.51. The second-order valence-electron chi connectivity index (χ2n) is 6.48. The third-order valence-electron chi connectivity index (χ3n) is 4.85. The summed E-state index contributed by atoms with van der Waals surface area (Å²) < 4.78 is 27.0. The summed E-state index contributed by atoms with van der Waals surface area (Å²) in [6.45, 7) is 1.09. The fraction of sp³-hybridized carbons (Fsp3) is 0.529. The largest absolute Gasteiger partial charge is 0.481 e. The Morgan fingerprint density at radius 2 is 1.91 bits per heavy atom. The molecule has 1 aliphatic heterocycles. The minimum absolute atomic E-state index is 0.0209. The first-order chi connectivity index (χ1) is 11.0. The molecule has 1 heterocycles. The van der Waals surface area contributed by atoms with Crippen LogP contribution in [0.1, 0.15) is 37.2 Å². The Kier molecular flexibility index (Phi) is 4.33. The summed E-state index contributed by atoms with van der Waals surface area (Å²) in [5, 5.41) is 8.80. The van der Waals surface area contributed by atoms with Crippen LogP contribution in [0.15, 0.2) is 18.2 Å². The van der Waals surface area contributed by atoms with E-state index >= 15 is 0 Å². The van der Waals surface area contributed by atoms with E-state index in [1.54, 1.807) is 4.90 Å². The lowest BCUT2D eigenvalue weighted by atomic mass is 9.93. The Morgan fingerprint density at radius 1 is 1.22 bits per heavy atom. The lowest BCUT2D eigenvalue weighted by molar-refractivity contribution is -0.138. The number of hydrogen-bond acceptors (Lipinski definition) is 2. The molecule has 1 N–H and O–H groups in total. The standard InChI is InChI=1S/C17H19F2NO3/c18-11-1-2-15(19)13(8-11)12-9-14(12)17(23)20-5-3-10(4-6-20)7-16(21)22/h1-2,8,10,12,14H,3-7,9H2,(H,21,22). The fourth-order valence-corrected chi connectivity index (χ4v) is 3.45. The Bertz CT molecular complexity index is 626. The van der Waals surface area contributed by atoms with E-state index in [4.69, 9.17) is 5.11 Å². The Hall–Kier alpha value is -1.98. The monoisotopic (exact) mass is 323 g/mol. The van der Waals surface area contributed by atoms with Gasteiger partial charge < -0.3 is 10.0 Å². The number of benzene rings is 1. The average molecular weight is 323 g/mol. The smallest absolute Gasteiger partial charge is 0.303 e. The van der Waals surface area contributed by atoms with Gasteiger partial charge in [0.25, 0.3) is 0 Å². The number of carbonyl (C=O) groups is 2. The SMILES string of the molecule is O=C(O)CC1CCN(C(=O)C2CC2c2cc(F)ccc2F)CC1. The summed E-state index contributed by atoms with van der Waals surface area (Å²) in [5.41, 5.74) is 0.282. The van der Waals surface area contributed by atoms with Crippen LogP contribution in [0.3, 0.4) is 0 Å². The van der Waals surface area contributed by atoms with Crippen molar-refractivity contribution in [3.05, 3.63) is 35.4 Å². The van der Waals surface area contributed by atoms with Crippen molar-refractivity contribution in [1.29, 1.82) is 0 Å². The number of nitrogens with zero attached hydrogens (tertiary/aromatic N) is 1. The van der Waals surface area contributed by atoms with E-state index in [-0.39, 0.29) is 35.6 Å². The molecule has 6 heteroatoms. The van der Waals surface area contributed by atoms with Gasteiger partial charge in [0.05, 0.1) is 0 Å². The van der Waals surface area contributed by atoms with Crippen molar-refractivity contribution in [3.63, 3.8) is 0 Å². The van der Waals surface area contributed by atoms with Crippen molar-refractivity contribution in [2.45, 2.75) is 31.6 Å². The Balaban J connectivity index is 1.57. The van der Waals surface area contributed by atoms with Gasteiger partial charge in [-0.3, -0.25) is 9.59 Å². The summed E-state index contributed by atoms with van der Waals surface area (Å²) in [6, 6.07) is 3.35. The van der Waals surface area contributed by atoms with E-state index in [9.17, 15) is 18.4 Å². The van der Waals surface area contributed by atoms with E-state index in [1.165, 1.54) is 6.07 Å². The van der Waals surface area contributed by atoms with Crippen molar-refractivity contribution in [2.24, 2.45) is 11.8 Å². The van der Waals surface area contributed by atoms with Crippen LogP contribution in [0.2, 0.25) is 0 Å². The number of amides is 1. The number of rotatable bonds is 4. The molecule has 1 saturated heterocycles. The molecule has 0 bridgehead atoms. The van der Waals surface area contributed by atoms with Gasteiger partial charge in [-0.15, -0.1) is 0 Å². The molecular weight excluding hydrogens is 304 g/mol. The number of carboxylic acids is 1. The van der Waals surface area contributed by atoms with E-state index in [1.807, 2.05) is 0 Å². The molecule has 1 aliphatic carbocycles. The van der Waals surface area contributed by atoms with Crippen molar-refractivity contribution >= 4 is 11.9 Å². The topological polar surface area (TPSA) is 57.6 Å². The van der Waals surface area contributed by atoms with Crippen molar-refractivity contribution < 1.29 is 23.5 Å². The first-order valence-electron chi connectivity index (χ1n) is 7.91. The van der Waals surface area contributed by atoms with Gasteiger partial charge in [-0.05, 0) is 54.9 Å². The maximum absolute atomic E-state index is 13.8. The zero-order chi connectivity index (χ0) is 16.6. The molecule has 1 aromatic carbocycles. The molecule has 0 radical (unpaired) electrons. The molecule has 3 rings (SSSR count). The van der Waals surface area contributed by atoms with Gasteiger partial charge in [0.1, 0.15) is 11.6 Å². The molecule has 1 saturated carbocycles. The average Bonchev–Trinajstić information content (AvgIpc) is 3.29. The summed E-state index contributed by atoms with van der Waals surface area (Å²) in [6.07, 6.45) is 2.06. The lowest BCUT2D eigenvalue weighted by Gasteiger charge is -2.31. The minimum atomic E-state index is -0.807. The van der Waals surface area contributed by atoms with Gasteiger partial charge in [0.2, 0.25) is 5.91 Å². The zero-order valence-electron chi connectivity index (χ0n) is 12.7. The molecule has 2 unspecified atom stereocenters. The molecule has 4 nitrogen and oxygen atoms in total. The van der Waals surface area contributed by atoms with Crippen molar-refractivity contribution in [3.8, 4) is 0 Å². The van der Waals surface area contributed by atoms with Gasteiger partial charge in [-0.2, -0.15) is 0 Å². The molecule has 124 valence electrons. The van der Waals surface area contributed by atoms with E-state index in [2.05, 4.69) is 0 Å². The van der Waals surface area contributed by atoms with Crippen molar-refractivity contribution in [2.75, 3.05) is 13.1 Å². The van der Waals surface area contributed by atoms with Crippen molar-refractivity contribution in [1.82, 2.24) is 4.90 Å². The first-order valence-corrected chi connectivity index (χ1v) is 7.91. The van der Waals surface area contributed by atoms with Gasteiger partial charge in [0.15, 0.2) is 0 Å². The minimum Gasteiger partial charge on any atom is -0.481 e. The summed E-state index contributed by atoms with van der Waals surface area (Å²) in [7, 11) is 0. The maximum atomic E-state index is 13.8. The van der Waals surface area contributed by atoms with Crippen LogP contribution in [0.4, 0.5) is 8.78 Å². The quantitative estimate of drug-likeness (QED) is 0.927. The Labute approximate surface area is 133 Å². The molecule has 1 amide bonds. The van der Waals surface area contributed by atoms with Gasteiger partial charge >= 0.3 is 5.97 Å². The highest BCUT2D eigenvalue weighted by Gasteiger charge is 2.47. The maximum Gasteiger partial charge on any atom is 0.303 e. The second kappa shape index (κ2) is 6.26. The number of aliphatic carboxylic acids is 1. The number of halogens is 2. The van der Waals surface area contributed by atoms with Crippen LogP contribution in [0.5, 0.6) is 0 Å². The normalized spacial score (nSPS) is 24.5. The molecule has 2 atom stereocenters. The number of likely N-dealkylation sites (tertiary alicyclic amines) is 1. The van der Waals surface area contributed by atoms with Crippen LogP contribution < -0.4 is 0 Å². The molecule has 2 aliphatic rings. The summed E-state index contributed by atoms with van der Waals surface area (Å²) in [4.78, 5) is 24.9. The zero-order valence-corrected chi connectivity index (χ0v) is 12.7. The van der Waals surface area contributed by atoms with Gasteiger partial charge in [-0.1, -0.05) is 0 Å². The number of hydrogen-bond donors (Lipinski definition) is 1. The highest BCUT2D eigenvalue weighted by Crippen LogP contribution is 2.49. The molecule has 0 aromatic heterocycles. The fourth-order valence-electron chi connectivity index (χ4n) is 3.45. The van der Waals surface area contributed by atoms with Gasteiger partial charge in [0, 0.05) is 25.4 Å². The summed E-state index contributed by atoms with van der Waals surface area (Å²) in [5.74, 6) is -2.18. The number of carboxylic acid groups (broad SMARTS) is 1. The molecular formula is C17H19F2NO3.